The van der Waals surface area contributed by atoms with E-state index in [2.05, 4.69) is 29.0 Å². The van der Waals surface area contributed by atoms with E-state index >= 15 is 0 Å². The maximum Gasteiger partial charge on any atom is 0.242 e. The molecule has 0 saturated heterocycles. The molecule has 192 valence electrons. The number of rotatable bonds is 19. The van der Waals surface area contributed by atoms with Gasteiger partial charge in [-0.15, -0.1) is 0 Å². The largest absolute Gasteiger partial charge is 0.395 e. The third kappa shape index (κ3) is 15.6. The van der Waals surface area contributed by atoms with Crippen molar-refractivity contribution >= 4 is 17.7 Å². The van der Waals surface area contributed by atoms with E-state index in [1.54, 1.807) is 7.05 Å². The van der Waals surface area contributed by atoms with Gasteiger partial charge in [0.15, 0.2) is 0 Å². The van der Waals surface area contributed by atoms with Crippen LogP contribution in [0.2, 0.25) is 0 Å². The van der Waals surface area contributed by atoms with Crippen LogP contribution in [-0.2, 0) is 14.4 Å². The first-order valence-electron chi connectivity index (χ1n) is 12.8. The van der Waals surface area contributed by atoms with E-state index in [0.29, 0.717) is 12.8 Å². The minimum absolute atomic E-state index is 0.0275. The fourth-order valence-electron chi connectivity index (χ4n) is 3.76. The Bertz CT molecular complexity index is 578. The number of nitrogens with one attached hydrogen (secondary N) is 3. The van der Waals surface area contributed by atoms with Crippen molar-refractivity contribution in [2.24, 2.45) is 17.8 Å². The molecule has 0 aliphatic rings. The average molecular weight is 468 g/mol. The molecule has 3 atom stereocenters. The summed E-state index contributed by atoms with van der Waals surface area (Å²) in [5.74, 6) is -0.239. The van der Waals surface area contributed by atoms with E-state index in [0.717, 1.165) is 32.1 Å². The second kappa shape index (κ2) is 19.6. The normalized spacial score (nSPS) is 14.2. The van der Waals surface area contributed by atoms with Gasteiger partial charge in [-0.1, -0.05) is 72.0 Å². The Labute approximate surface area is 201 Å². The summed E-state index contributed by atoms with van der Waals surface area (Å²) in [5, 5.41) is 17.3. The monoisotopic (exact) mass is 467 g/mol. The second-order valence-corrected chi connectivity index (χ2v) is 9.40. The topological polar surface area (TPSA) is 108 Å². The Balaban J connectivity index is 4.98. The SMILES string of the molecule is CCCCCCCC(CC/C=C\CC(C)C(=O)NC)C(=O)N[C@@H](CC(C)C)C(=O)NCCO. The Hall–Kier alpha value is -1.89. The highest BCUT2D eigenvalue weighted by atomic mass is 16.3. The highest BCUT2D eigenvalue weighted by Crippen LogP contribution is 2.19. The summed E-state index contributed by atoms with van der Waals surface area (Å²) in [7, 11) is 1.64. The predicted octanol–water partition coefficient (Wildman–Crippen LogP) is 3.71. The highest BCUT2D eigenvalue weighted by molar-refractivity contribution is 5.88. The number of aliphatic hydroxyl groups is 1. The van der Waals surface area contributed by atoms with Gasteiger partial charge in [0, 0.05) is 25.4 Å². The van der Waals surface area contributed by atoms with E-state index in [1.165, 1.54) is 19.3 Å². The van der Waals surface area contributed by atoms with Crippen LogP contribution in [0, 0.1) is 17.8 Å². The van der Waals surface area contributed by atoms with Crippen molar-refractivity contribution < 1.29 is 19.5 Å². The first-order chi connectivity index (χ1) is 15.8. The van der Waals surface area contributed by atoms with Crippen molar-refractivity contribution in [3.05, 3.63) is 12.2 Å². The molecule has 2 unspecified atom stereocenters. The van der Waals surface area contributed by atoms with Gasteiger partial charge in [0.1, 0.15) is 6.04 Å². The maximum absolute atomic E-state index is 13.1. The van der Waals surface area contributed by atoms with Crippen LogP contribution in [-0.4, -0.2) is 49.1 Å². The van der Waals surface area contributed by atoms with E-state index in [4.69, 9.17) is 5.11 Å². The third-order valence-electron chi connectivity index (χ3n) is 5.81. The molecule has 0 aromatic carbocycles. The van der Waals surface area contributed by atoms with Crippen LogP contribution >= 0.6 is 0 Å². The van der Waals surface area contributed by atoms with Crippen LogP contribution < -0.4 is 16.0 Å². The van der Waals surface area contributed by atoms with E-state index in [9.17, 15) is 14.4 Å². The fourth-order valence-corrected chi connectivity index (χ4v) is 3.76. The van der Waals surface area contributed by atoms with Crippen LogP contribution in [0.1, 0.15) is 91.9 Å². The first-order valence-corrected chi connectivity index (χ1v) is 12.8. The number of allylic oxidation sites excluding steroid dienone is 2. The molecule has 0 saturated carbocycles. The number of carbonyl (C=O) groups excluding carboxylic acids is 3. The highest BCUT2D eigenvalue weighted by Gasteiger charge is 2.25. The minimum Gasteiger partial charge on any atom is -0.395 e. The predicted molar refractivity (Wildman–Crippen MR) is 135 cm³/mol. The molecule has 0 heterocycles. The van der Waals surface area contributed by atoms with Gasteiger partial charge in [0.05, 0.1) is 6.61 Å². The van der Waals surface area contributed by atoms with Crippen molar-refractivity contribution in [1.82, 2.24) is 16.0 Å². The van der Waals surface area contributed by atoms with Crippen LogP contribution in [0.25, 0.3) is 0 Å². The molecule has 0 radical (unpaired) electrons. The molecule has 0 fully saturated rings. The van der Waals surface area contributed by atoms with Crippen molar-refractivity contribution in [1.29, 1.82) is 0 Å². The van der Waals surface area contributed by atoms with Crippen molar-refractivity contribution in [3.63, 3.8) is 0 Å². The molecule has 4 N–H and O–H groups in total. The molecule has 0 bridgehead atoms. The van der Waals surface area contributed by atoms with Crippen LogP contribution in [0.15, 0.2) is 12.2 Å². The van der Waals surface area contributed by atoms with Gasteiger partial charge in [0.25, 0.3) is 0 Å². The van der Waals surface area contributed by atoms with Crippen molar-refractivity contribution in [2.45, 2.75) is 97.9 Å². The molecular weight excluding hydrogens is 418 g/mol. The second-order valence-electron chi connectivity index (χ2n) is 9.40. The lowest BCUT2D eigenvalue weighted by atomic mass is 9.93. The molecule has 0 aromatic heterocycles. The Morgan fingerprint density at radius 3 is 2.21 bits per heavy atom. The molecular formula is C26H49N3O4. The first kappa shape index (κ1) is 31.1. The summed E-state index contributed by atoms with van der Waals surface area (Å²) in [4.78, 5) is 37.2. The molecule has 33 heavy (non-hydrogen) atoms. The zero-order valence-electron chi connectivity index (χ0n) is 21.6. The smallest absolute Gasteiger partial charge is 0.242 e. The zero-order chi connectivity index (χ0) is 25.1. The van der Waals surface area contributed by atoms with Gasteiger partial charge < -0.3 is 21.1 Å². The van der Waals surface area contributed by atoms with Gasteiger partial charge in [0.2, 0.25) is 17.7 Å². The van der Waals surface area contributed by atoms with Crippen LogP contribution in [0.4, 0.5) is 0 Å². The van der Waals surface area contributed by atoms with Gasteiger partial charge in [-0.05, 0) is 38.0 Å². The number of aliphatic hydroxyl groups excluding tert-OH is 1. The van der Waals surface area contributed by atoms with Crippen molar-refractivity contribution in [2.75, 3.05) is 20.2 Å². The van der Waals surface area contributed by atoms with Gasteiger partial charge in [-0.2, -0.15) is 0 Å². The van der Waals surface area contributed by atoms with Crippen LogP contribution in [0.3, 0.4) is 0 Å². The van der Waals surface area contributed by atoms with E-state index in [-0.39, 0.29) is 48.6 Å². The number of carbonyl (C=O) groups is 3. The molecule has 7 heteroatoms. The van der Waals surface area contributed by atoms with Gasteiger partial charge in [-0.25, -0.2) is 0 Å². The quantitative estimate of drug-likeness (QED) is 0.172. The average Bonchev–Trinajstić information content (AvgIpc) is 2.79. The summed E-state index contributed by atoms with van der Waals surface area (Å²) in [6.45, 7) is 8.18. The number of hydrogen-bond acceptors (Lipinski definition) is 4. The number of amides is 3. The zero-order valence-corrected chi connectivity index (χ0v) is 21.6. The van der Waals surface area contributed by atoms with Crippen molar-refractivity contribution in [3.8, 4) is 0 Å². The number of hydrogen-bond donors (Lipinski definition) is 4. The Kier molecular flexibility index (Phi) is 18.4. The summed E-state index contributed by atoms with van der Waals surface area (Å²) >= 11 is 0. The molecule has 0 aliphatic carbocycles. The summed E-state index contributed by atoms with van der Waals surface area (Å²) in [6, 6.07) is -0.587. The summed E-state index contributed by atoms with van der Waals surface area (Å²) in [5.41, 5.74) is 0. The van der Waals surface area contributed by atoms with E-state index < -0.39 is 6.04 Å². The summed E-state index contributed by atoms with van der Waals surface area (Å²) < 4.78 is 0. The lowest BCUT2D eigenvalue weighted by molar-refractivity contribution is -0.131. The Morgan fingerprint density at radius 1 is 0.909 bits per heavy atom. The van der Waals surface area contributed by atoms with Crippen LogP contribution in [0.5, 0.6) is 0 Å². The maximum atomic E-state index is 13.1. The third-order valence-corrected chi connectivity index (χ3v) is 5.81. The summed E-state index contributed by atoms with van der Waals surface area (Å²) in [6.07, 6.45) is 13.3. The lowest BCUT2D eigenvalue weighted by Crippen LogP contribution is -2.49. The molecule has 0 spiro atoms. The molecule has 0 aliphatic heterocycles. The molecule has 0 rings (SSSR count). The number of unbranched alkanes of at least 4 members (excludes halogenated alkanes) is 4. The Morgan fingerprint density at radius 2 is 1.61 bits per heavy atom. The molecule has 3 amide bonds. The lowest BCUT2D eigenvalue weighted by Gasteiger charge is -2.23. The molecule has 7 nitrogen and oxygen atoms in total. The minimum atomic E-state index is -0.587. The fraction of sp³-hybridized carbons (Fsp3) is 0.808. The standard InChI is InChI=1S/C26H49N3O4/c1-6-7-8-9-12-15-22(16-13-10-11-14-21(4)24(31)27-5)25(32)29-23(19-20(2)3)26(33)28-17-18-30/h10-11,20-23,30H,6-9,12-19H2,1-5H3,(H,27,31)(H,28,33)(H,29,32)/b11-10-/t21?,22?,23-/m0/s1. The molecule has 0 aromatic rings. The van der Waals surface area contributed by atoms with Gasteiger partial charge >= 0.3 is 0 Å². The van der Waals surface area contributed by atoms with E-state index in [1.807, 2.05) is 26.8 Å². The van der Waals surface area contributed by atoms with Gasteiger partial charge in [-0.3, -0.25) is 14.4 Å².